The smallest absolute Gasteiger partial charge is 0.278 e. The maximum absolute atomic E-state index is 13.0. The number of carbonyl (C=O) groups excluding carboxylic acids is 2. The summed E-state index contributed by atoms with van der Waals surface area (Å²) in [5.74, 6) is -0.560. The Morgan fingerprint density at radius 2 is 1.78 bits per heavy atom. The molecule has 0 spiro atoms. The van der Waals surface area contributed by atoms with E-state index in [9.17, 15) is 9.59 Å². The molecule has 27 heavy (non-hydrogen) atoms. The summed E-state index contributed by atoms with van der Waals surface area (Å²) in [6, 6.07) is 17.1. The minimum atomic E-state index is -0.295. The number of amides is 2. The van der Waals surface area contributed by atoms with Crippen molar-refractivity contribution in [1.29, 1.82) is 0 Å². The van der Waals surface area contributed by atoms with E-state index in [4.69, 9.17) is 4.74 Å². The van der Waals surface area contributed by atoms with Crippen LogP contribution in [-0.4, -0.2) is 36.5 Å². The van der Waals surface area contributed by atoms with Gasteiger partial charge in [0.2, 0.25) is 0 Å². The molecule has 2 aromatic rings. The summed E-state index contributed by atoms with van der Waals surface area (Å²) in [7, 11) is 0. The van der Waals surface area contributed by atoms with Crippen molar-refractivity contribution in [2.75, 3.05) is 25.1 Å². The summed E-state index contributed by atoms with van der Waals surface area (Å²) in [5.41, 5.74) is 3.34. The van der Waals surface area contributed by atoms with E-state index in [1.165, 1.54) is 4.90 Å². The third-order valence-electron chi connectivity index (χ3n) is 4.39. The zero-order valence-electron chi connectivity index (χ0n) is 15.7. The average molecular weight is 364 g/mol. The highest BCUT2D eigenvalue weighted by molar-refractivity contribution is 6.36. The van der Waals surface area contributed by atoms with Crippen LogP contribution >= 0.6 is 0 Å². The lowest BCUT2D eigenvalue weighted by Crippen LogP contribution is -2.34. The zero-order valence-corrected chi connectivity index (χ0v) is 15.7. The first-order valence-corrected chi connectivity index (χ1v) is 9.19. The predicted molar refractivity (Wildman–Crippen MR) is 106 cm³/mol. The molecule has 2 aromatic carbocycles. The standard InChI is InChI=1S/C22H24N2O3/c1-3-27-14-8-13-24-21(25)19(17-10-5-4-6-11-17)20(22(24)26)23-18-12-7-9-16(2)15-18/h4-7,9-12,15,23H,3,8,13-14H2,1-2H3. The molecule has 2 amide bonds. The quantitative estimate of drug-likeness (QED) is 0.574. The van der Waals surface area contributed by atoms with Crippen LogP contribution in [0.1, 0.15) is 24.5 Å². The largest absolute Gasteiger partial charge is 0.382 e. The van der Waals surface area contributed by atoms with Gasteiger partial charge in [-0.15, -0.1) is 0 Å². The first-order chi connectivity index (χ1) is 13.1. The van der Waals surface area contributed by atoms with Gasteiger partial charge in [-0.25, -0.2) is 0 Å². The molecule has 1 heterocycles. The van der Waals surface area contributed by atoms with Crippen molar-refractivity contribution in [3.05, 3.63) is 71.4 Å². The van der Waals surface area contributed by atoms with Gasteiger partial charge in [-0.05, 0) is 43.5 Å². The second-order valence-corrected chi connectivity index (χ2v) is 6.42. The number of imide groups is 1. The molecule has 0 aliphatic carbocycles. The van der Waals surface area contributed by atoms with Crippen molar-refractivity contribution in [2.24, 2.45) is 0 Å². The summed E-state index contributed by atoms with van der Waals surface area (Å²) < 4.78 is 5.33. The van der Waals surface area contributed by atoms with E-state index in [2.05, 4.69) is 5.32 Å². The van der Waals surface area contributed by atoms with E-state index in [-0.39, 0.29) is 11.8 Å². The second kappa shape index (κ2) is 8.64. The zero-order chi connectivity index (χ0) is 19.2. The Morgan fingerprint density at radius 1 is 1.00 bits per heavy atom. The van der Waals surface area contributed by atoms with Crippen LogP contribution in [0.25, 0.3) is 5.57 Å². The number of ether oxygens (including phenoxy) is 1. The molecular weight excluding hydrogens is 340 g/mol. The van der Waals surface area contributed by atoms with Crippen LogP contribution < -0.4 is 5.32 Å². The molecule has 0 saturated heterocycles. The lowest BCUT2D eigenvalue weighted by atomic mass is 10.0. The van der Waals surface area contributed by atoms with Crippen molar-refractivity contribution in [3.63, 3.8) is 0 Å². The number of aryl methyl sites for hydroxylation is 1. The monoisotopic (exact) mass is 364 g/mol. The molecule has 0 fully saturated rings. The molecule has 1 aliphatic heterocycles. The fraction of sp³-hybridized carbons (Fsp3) is 0.273. The minimum Gasteiger partial charge on any atom is -0.382 e. The Hall–Kier alpha value is -2.92. The highest BCUT2D eigenvalue weighted by atomic mass is 16.5. The van der Waals surface area contributed by atoms with Crippen molar-refractivity contribution >= 4 is 23.1 Å². The van der Waals surface area contributed by atoms with Gasteiger partial charge in [0.05, 0.1) is 5.57 Å². The van der Waals surface area contributed by atoms with Gasteiger partial charge in [-0.2, -0.15) is 0 Å². The maximum atomic E-state index is 13.0. The molecule has 0 saturated carbocycles. The van der Waals surface area contributed by atoms with Gasteiger partial charge in [0.15, 0.2) is 0 Å². The Labute approximate surface area is 159 Å². The summed E-state index contributed by atoms with van der Waals surface area (Å²) in [5, 5.41) is 3.18. The lowest BCUT2D eigenvalue weighted by Gasteiger charge is -2.15. The molecule has 0 bridgehead atoms. The van der Waals surface area contributed by atoms with Crippen molar-refractivity contribution in [1.82, 2.24) is 4.90 Å². The predicted octanol–water partition coefficient (Wildman–Crippen LogP) is 3.61. The van der Waals surface area contributed by atoms with E-state index < -0.39 is 0 Å². The maximum Gasteiger partial charge on any atom is 0.278 e. The topological polar surface area (TPSA) is 58.6 Å². The third kappa shape index (κ3) is 4.26. The highest BCUT2D eigenvalue weighted by Crippen LogP contribution is 2.30. The van der Waals surface area contributed by atoms with Crippen LogP contribution in [0.5, 0.6) is 0 Å². The molecular formula is C22H24N2O3. The molecule has 3 rings (SSSR count). The van der Waals surface area contributed by atoms with Crippen LogP contribution in [0.15, 0.2) is 60.3 Å². The molecule has 5 nitrogen and oxygen atoms in total. The Bertz CT molecular complexity index is 859. The normalized spacial score (nSPS) is 14.2. The molecule has 5 heteroatoms. The Kier molecular flexibility index (Phi) is 6.04. The summed E-state index contributed by atoms with van der Waals surface area (Å²) >= 11 is 0. The second-order valence-electron chi connectivity index (χ2n) is 6.42. The van der Waals surface area contributed by atoms with E-state index in [0.29, 0.717) is 37.4 Å². The average Bonchev–Trinajstić information content (AvgIpc) is 2.90. The van der Waals surface area contributed by atoms with Crippen LogP contribution in [0.3, 0.4) is 0 Å². The molecule has 0 aromatic heterocycles. The van der Waals surface area contributed by atoms with Crippen LogP contribution in [0.4, 0.5) is 5.69 Å². The number of rotatable bonds is 8. The van der Waals surface area contributed by atoms with Crippen LogP contribution in [0.2, 0.25) is 0 Å². The molecule has 1 aliphatic rings. The van der Waals surface area contributed by atoms with Crippen molar-refractivity contribution in [2.45, 2.75) is 20.3 Å². The molecule has 0 radical (unpaired) electrons. The fourth-order valence-electron chi connectivity index (χ4n) is 3.10. The number of benzene rings is 2. The van der Waals surface area contributed by atoms with Gasteiger partial charge in [0.1, 0.15) is 5.70 Å². The SMILES string of the molecule is CCOCCCN1C(=O)C(Nc2cccc(C)c2)=C(c2ccccc2)C1=O. The number of carbonyl (C=O) groups is 2. The minimum absolute atomic E-state index is 0.266. The summed E-state index contributed by atoms with van der Waals surface area (Å²) in [6.07, 6.45) is 0.616. The Morgan fingerprint density at radius 3 is 2.48 bits per heavy atom. The van der Waals surface area contributed by atoms with Gasteiger partial charge in [0, 0.05) is 25.4 Å². The van der Waals surface area contributed by atoms with E-state index in [0.717, 1.165) is 16.8 Å². The molecule has 0 unspecified atom stereocenters. The third-order valence-corrected chi connectivity index (χ3v) is 4.39. The molecule has 140 valence electrons. The molecule has 1 N–H and O–H groups in total. The van der Waals surface area contributed by atoms with Crippen molar-refractivity contribution in [3.8, 4) is 0 Å². The first kappa shape index (κ1) is 18.9. The fourth-order valence-corrected chi connectivity index (χ4v) is 3.10. The van der Waals surface area contributed by atoms with Gasteiger partial charge in [-0.3, -0.25) is 14.5 Å². The van der Waals surface area contributed by atoms with Crippen LogP contribution in [0, 0.1) is 6.92 Å². The number of hydrogen-bond acceptors (Lipinski definition) is 4. The summed E-state index contributed by atoms with van der Waals surface area (Å²) in [4.78, 5) is 27.3. The van der Waals surface area contributed by atoms with Gasteiger partial charge >= 0.3 is 0 Å². The number of nitrogens with zero attached hydrogens (tertiary/aromatic N) is 1. The highest BCUT2D eigenvalue weighted by Gasteiger charge is 2.38. The van der Waals surface area contributed by atoms with E-state index in [1.54, 1.807) is 0 Å². The van der Waals surface area contributed by atoms with Crippen molar-refractivity contribution < 1.29 is 14.3 Å². The van der Waals surface area contributed by atoms with Gasteiger partial charge in [0.25, 0.3) is 11.8 Å². The number of anilines is 1. The van der Waals surface area contributed by atoms with Gasteiger partial charge < -0.3 is 10.1 Å². The lowest BCUT2D eigenvalue weighted by molar-refractivity contribution is -0.137. The van der Waals surface area contributed by atoms with E-state index in [1.807, 2.05) is 68.4 Å². The summed E-state index contributed by atoms with van der Waals surface area (Å²) in [6.45, 7) is 5.39. The van der Waals surface area contributed by atoms with E-state index >= 15 is 0 Å². The first-order valence-electron chi connectivity index (χ1n) is 9.19. The van der Waals surface area contributed by atoms with Gasteiger partial charge in [-0.1, -0.05) is 42.5 Å². The number of nitrogens with one attached hydrogen (secondary N) is 1. The molecule has 0 atom stereocenters. The van der Waals surface area contributed by atoms with Crippen LogP contribution in [-0.2, 0) is 14.3 Å². The Balaban J connectivity index is 1.91. The number of hydrogen-bond donors (Lipinski definition) is 1.